The lowest BCUT2D eigenvalue weighted by Crippen LogP contribution is -2.47. The van der Waals surface area contributed by atoms with Crippen LogP contribution >= 0.6 is 0 Å². The molecule has 1 aromatic heterocycles. The molecule has 14 heteroatoms. The second-order valence-corrected chi connectivity index (χ2v) is 13.8. The Balaban J connectivity index is 1.09. The Labute approximate surface area is 246 Å². The molecule has 2 aromatic carbocycles. The number of hydrogen-bond acceptors (Lipinski definition) is 9. The molecule has 0 bridgehead atoms. The molecule has 0 radical (unpaired) electrons. The van der Waals surface area contributed by atoms with E-state index in [0.717, 1.165) is 23.0 Å². The Morgan fingerprint density at radius 2 is 2.00 bits per heavy atom. The highest BCUT2D eigenvalue weighted by molar-refractivity contribution is 7.89. The monoisotopic (exact) mass is 623 g/mol. The standard InChI is InChI=1S/C28H34FN3O8S2/c29-21-10-20(27(16-33)41(35)36)11-24(13-21)39-18-23(34)15-31-22-14-28(40-17-22)5-8-32(9-6-28)42(37,38)25-3-4-26-19(12-25)2-1-7-30-26/h1-4,7,10-13,22-23,27,31,33-34H,5-6,8-9,14-18H2,(H,35,36)/t22-,23+,27?/m1/s1. The van der Waals surface area contributed by atoms with Crippen LogP contribution in [0.2, 0.25) is 0 Å². The smallest absolute Gasteiger partial charge is 0.243 e. The topological polar surface area (TPSA) is 159 Å². The van der Waals surface area contributed by atoms with Gasteiger partial charge in [-0.2, -0.15) is 4.31 Å². The van der Waals surface area contributed by atoms with Crippen LogP contribution in [-0.4, -0.2) is 93.9 Å². The number of aromatic nitrogens is 1. The predicted octanol–water partition coefficient (Wildman–Crippen LogP) is 1.97. The summed E-state index contributed by atoms with van der Waals surface area (Å²) in [6, 6.07) is 12.0. The normalized spacial score (nSPS) is 21.4. The number of ether oxygens (including phenoxy) is 2. The lowest BCUT2D eigenvalue weighted by Gasteiger charge is -2.38. The summed E-state index contributed by atoms with van der Waals surface area (Å²) in [4.78, 5) is 4.49. The molecule has 5 rings (SSSR count). The molecule has 228 valence electrons. The van der Waals surface area contributed by atoms with Gasteiger partial charge < -0.3 is 29.6 Å². The minimum Gasteiger partial charge on any atom is -0.491 e. The van der Waals surface area contributed by atoms with Crippen LogP contribution in [0.3, 0.4) is 0 Å². The van der Waals surface area contributed by atoms with Crippen LogP contribution in [0.5, 0.6) is 5.75 Å². The Morgan fingerprint density at radius 3 is 2.74 bits per heavy atom. The molecule has 3 heterocycles. The highest BCUT2D eigenvalue weighted by Gasteiger charge is 2.44. The van der Waals surface area contributed by atoms with Crippen molar-refractivity contribution in [1.82, 2.24) is 14.6 Å². The molecule has 2 unspecified atom stereocenters. The molecule has 0 saturated carbocycles. The van der Waals surface area contributed by atoms with E-state index in [9.17, 15) is 31.8 Å². The summed E-state index contributed by atoms with van der Waals surface area (Å²) >= 11 is -2.39. The molecule has 2 aliphatic rings. The van der Waals surface area contributed by atoms with E-state index in [2.05, 4.69) is 10.3 Å². The zero-order valence-corrected chi connectivity index (χ0v) is 24.4. The molecule has 0 amide bonds. The minimum atomic E-state index is -3.66. The van der Waals surface area contributed by atoms with Crippen molar-refractivity contribution < 1.29 is 41.3 Å². The van der Waals surface area contributed by atoms with E-state index in [4.69, 9.17) is 9.47 Å². The molecule has 4 atom stereocenters. The number of nitrogens with one attached hydrogen (secondary N) is 1. The maximum atomic E-state index is 14.0. The zero-order chi connectivity index (χ0) is 29.9. The Morgan fingerprint density at radius 1 is 1.21 bits per heavy atom. The van der Waals surface area contributed by atoms with E-state index in [1.807, 2.05) is 6.07 Å². The SMILES string of the molecule is O=S(O)C(CO)c1cc(F)cc(OC[C@@H](O)CN[C@H]2COC3(CCN(S(=O)(=O)c4ccc5ncccc5c4)CC3)C2)c1. The van der Waals surface area contributed by atoms with Crippen molar-refractivity contribution in [3.8, 4) is 5.75 Å². The number of aliphatic hydroxyl groups is 2. The van der Waals surface area contributed by atoms with E-state index in [0.29, 0.717) is 39.0 Å². The molecule has 2 fully saturated rings. The summed E-state index contributed by atoms with van der Waals surface area (Å²) in [7, 11) is -3.66. The number of aliphatic hydroxyl groups excluding tert-OH is 2. The van der Waals surface area contributed by atoms with Gasteiger partial charge in [0.1, 0.15) is 29.5 Å². The maximum Gasteiger partial charge on any atom is 0.243 e. The third-order valence-electron chi connectivity index (χ3n) is 7.81. The van der Waals surface area contributed by atoms with Gasteiger partial charge in [-0.1, -0.05) is 6.07 Å². The van der Waals surface area contributed by atoms with Crippen molar-refractivity contribution in [3.63, 3.8) is 0 Å². The quantitative estimate of drug-likeness (QED) is 0.233. The third kappa shape index (κ3) is 6.97. The van der Waals surface area contributed by atoms with Gasteiger partial charge in [0.05, 0.1) is 29.2 Å². The van der Waals surface area contributed by atoms with Crippen molar-refractivity contribution in [2.24, 2.45) is 0 Å². The molecule has 3 aromatic rings. The van der Waals surface area contributed by atoms with E-state index >= 15 is 0 Å². The van der Waals surface area contributed by atoms with Crippen molar-refractivity contribution >= 4 is 32.0 Å². The molecule has 1 spiro atoms. The van der Waals surface area contributed by atoms with E-state index in [1.54, 1.807) is 30.5 Å². The first-order chi connectivity index (χ1) is 20.1. The molecule has 11 nitrogen and oxygen atoms in total. The molecule has 2 aliphatic heterocycles. The van der Waals surface area contributed by atoms with E-state index in [1.165, 1.54) is 10.4 Å². The van der Waals surface area contributed by atoms with Gasteiger partial charge in [0.15, 0.2) is 11.1 Å². The summed E-state index contributed by atoms with van der Waals surface area (Å²) < 4.78 is 74.5. The number of rotatable bonds is 11. The van der Waals surface area contributed by atoms with Gasteiger partial charge in [-0.05, 0) is 61.2 Å². The number of fused-ring (bicyclic) bond motifs is 1. The fourth-order valence-corrected chi connectivity index (χ4v) is 7.49. The summed E-state index contributed by atoms with van der Waals surface area (Å²) in [5, 5.41) is 22.6. The Hall–Kier alpha value is -2.56. The van der Waals surface area contributed by atoms with Crippen LogP contribution < -0.4 is 10.1 Å². The largest absolute Gasteiger partial charge is 0.491 e. The summed E-state index contributed by atoms with van der Waals surface area (Å²) in [5.74, 6) is -0.626. The first kappa shape index (κ1) is 30.9. The second-order valence-electron chi connectivity index (χ2n) is 10.7. The van der Waals surface area contributed by atoms with Crippen molar-refractivity contribution in [2.45, 2.75) is 47.2 Å². The number of nitrogens with zero attached hydrogens (tertiary/aromatic N) is 2. The predicted molar refractivity (Wildman–Crippen MR) is 153 cm³/mol. The molecule has 42 heavy (non-hydrogen) atoms. The zero-order valence-electron chi connectivity index (χ0n) is 22.8. The Kier molecular flexibility index (Phi) is 9.54. The average molecular weight is 624 g/mol. The van der Waals surface area contributed by atoms with Crippen molar-refractivity contribution in [2.75, 3.05) is 39.5 Å². The second kappa shape index (κ2) is 13.0. The number of pyridine rings is 1. The van der Waals surface area contributed by atoms with Crippen LogP contribution in [0.1, 0.15) is 30.1 Å². The van der Waals surface area contributed by atoms with Crippen LogP contribution in [0.15, 0.2) is 59.6 Å². The first-order valence-electron chi connectivity index (χ1n) is 13.6. The van der Waals surface area contributed by atoms with Crippen LogP contribution in [0.25, 0.3) is 10.9 Å². The lowest BCUT2D eigenvalue weighted by molar-refractivity contribution is -0.0312. The maximum absolute atomic E-state index is 14.0. The van der Waals surface area contributed by atoms with Crippen LogP contribution in [0, 0.1) is 5.82 Å². The number of benzene rings is 2. The van der Waals surface area contributed by atoms with Gasteiger partial charge in [-0.25, -0.2) is 17.0 Å². The van der Waals surface area contributed by atoms with Gasteiger partial charge >= 0.3 is 0 Å². The highest BCUT2D eigenvalue weighted by Crippen LogP contribution is 2.37. The third-order valence-corrected chi connectivity index (χ3v) is 10.6. The number of hydrogen-bond donors (Lipinski definition) is 4. The molecular weight excluding hydrogens is 589 g/mol. The van der Waals surface area contributed by atoms with Gasteiger partial charge in [0, 0.05) is 43.3 Å². The summed E-state index contributed by atoms with van der Waals surface area (Å²) in [5.41, 5.74) is 0.411. The molecule has 2 saturated heterocycles. The van der Waals surface area contributed by atoms with Gasteiger partial charge in [-0.15, -0.1) is 0 Å². The van der Waals surface area contributed by atoms with Crippen molar-refractivity contribution in [3.05, 3.63) is 66.1 Å². The summed E-state index contributed by atoms with van der Waals surface area (Å²) in [6.07, 6.45) is 2.52. The fraction of sp³-hybridized carbons (Fsp3) is 0.464. The van der Waals surface area contributed by atoms with Crippen LogP contribution in [-0.2, 0) is 25.8 Å². The Bertz CT molecular complexity index is 1530. The molecular formula is C28H34FN3O8S2. The van der Waals surface area contributed by atoms with Gasteiger partial charge in [0.25, 0.3) is 0 Å². The van der Waals surface area contributed by atoms with E-state index in [-0.39, 0.29) is 35.4 Å². The lowest BCUT2D eigenvalue weighted by atomic mass is 9.88. The highest BCUT2D eigenvalue weighted by atomic mass is 32.2. The minimum absolute atomic E-state index is 0.0404. The number of piperidine rings is 1. The number of halogens is 1. The van der Waals surface area contributed by atoms with E-state index < -0.39 is 50.5 Å². The van der Waals surface area contributed by atoms with Gasteiger partial charge in [0.2, 0.25) is 10.0 Å². The fourth-order valence-electron chi connectivity index (χ4n) is 5.51. The van der Waals surface area contributed by atoms with Gasteiger partial charge in [-0.3, -0.25) is 4.98 Å². The molecule has 0 aliphatic carbocycles. The average Bonchev–Trinajstić information content (AvgIpc) is 3.36. The van der Waals surface area contributed by atoms with Crippen LogP contribution in [0.4, 0.5) is 4.39 Å². The molecule has 4 N–H and O–H groups in total. The first-order valence-corrected chi connectivity index (χ1v) is 16.2. The number of sulfonamides is 1. The van der Waals surface area contributed by atoms with Crippen molar-refractivity contribution in [1.29, 1.82) is 0 Å². The summed E-state index contributed by atoms with van der Waals surface area (Å²) in [6.45, 7) is 0.494.